The molecule has 0 aliphatic heterocycles. The standard InChI is InChI=1S/C18H17N3O3S/c19-10-15-16(12-5-2-1-3-6-12)20-18(25-15)21-17(23)13-7-4-8-14(9-13)24-11-22/h1-3,5-6,11,13-14H,4,7-9H2,(H,20,21,23). The highest BCUT2D eigenvalue weighted by molar-refractivity contribution is 7.16. The number of carbonyl (C=O) groups excluding carboxylic acids is 2. The molecule has 7 heteroatoms. The largest absolute Gasteiger partial charge is 0.465 e. The topological polar surface area (TPSA) is 92.1 Å². The molecule has 1 aliphatic rings. The van der Waals surface area contributed by atoms with Crippen LogP contribution in [0, 0.1) is 17.2 Å². The Hall–Kier alpha value is -2.72. The Morgan fingerprint density at radius 1 is 1.36 bits per heavy atom. The molecule has 2 aromatic rings. The summed E-state index contributed by atoms with van der Waals surface area (Å²) < 4.78 is 5.00. The number of hydrogen-bond acceptors (Lipinski definition) is 6. The smallest absolute Gasteiger partial charge is 0.293 e. The van der Waals surface area contributed by atoms with E-state index in [9.17, 15) is 14.9 Å². The van der Waals surface area contributed by atoms with Crippen molar-refractivity contribution in [1.82, 2.24) is 4.98 Å². The first-order chi connectivity index (χ1) is 12.2. The average Bonchev–Trinajstić information content (AvgIpc) is 3.06. The van der Waals surface area contributed by atoms with Gasteiger partial charge >= 0.3 is 0 Å². The monoisotopic (exact) mass is 355 g/mol. The second-order valence-electron chi connectivity index (χ2n) is 5.88. The highest BCUT2D eigenvalue weighted by Gasteiger charge is 2.29. The minimum Gasteiger partial charge on any atom is -0.465 e. The number of carbonyl (C=O) groups is 2. The van der Waals surface area contributed by atoms with Gasteiger partial charge in [0.15, 0.2) is 5.13 Å². The molecule has 0 bridgehead atoms. The summed E-state index contributed by atoms with van der Waals surface area (Å²) in [6.45, 7) is 0.442. The first kappa shape index (κ1) is 17.1. The molecule has 25 heavy (non-hydrogen) atoms. The Labute approximate surface area is 149 Å². The van der Waals surface area contributed by atoms with Crippen molar-refractivity contribution in [3.8, 4) is 17.3 Å². The molecule has 0 radical (unpaired) electrons. The second-order valence-corrected chi connectivity index (χ2v) is 6.88. The lowest BCUT2D eigenvalue weighted by atomic mass is 9.86. The molecule has 1 heterocycles. The molecular formula is C18H17N3O3S. The molecule has 128 valence electrons. The SMILES string of the molecule is N#Cc1sc(NC(=O)C2CCCC(OC=O)C2)nc1-c1ccccc1. The lowest BCUT2D eigenvalue weighted by Gasteiger charge is -2.26. The predicted octanol–water partition coefficient (Wildman–Crippen LogP) is 3.35. The van der Waals surface area contributed by atoms with Gasteiger partial charge in [0.2, 0.25) is 5.91 Å². The van der Waals surface area contributed by atoms with Crippen LogP contribution in [0.4, 0.5) is 5.13 Å². The summed E-state index contributed by atoms with van der Waals surface area (Å²) in [4.78, 5) is 27.9. The van der Waals surface area contributed by atoms with E-state index in [-0.39, 0.29) is 17.9 Å². The van der Waals surface area contributed by atoms with Gasteiger partial charge in [-0.2, -0.15) is 5.26 Å². The third-order valence-electron chi connectivity index (χ3n) is 4.25. The third-order valence-corrected chi connectivity index (χ3v) is 5.13. The van der Waals surface area contributed by atoms with Gasteiger partial charge < -0.3 is 10.1 Å². The number of anilines is 1. The van der Waals surface area contributed by atoms with Crippen LogP contribution in [0.5, 0.6) is 0 Å². The Bertz CT molecular complexity index is 798. The van der Waals surface area contributed by atoms with Crippen LogP contribution in [0.2, 0.25) is 0 Å². The van der Waals surface area contributed by atoms with E-state index in [0.717, 1.165) is 24.8 Å². The van der Waals surface area contributed by atoms with E-state index < -0.39 is 0 Å². The van der Waals surface area contributed by atoms with Gasteiger partial charge in [-0.15, -0.1) is 0 Å². The van der Waals surface area contributed by atoms with Gasteiger partial charge in [0, 0.05) is 11.5 Å². The van der Waals surface area contributed by atoms with E-state index in [1.54, 1.807) is 0 Å². The minimum absolute atomic E-state index is 0.142. The van der Waals surface area contributed by atoms with Gasteiger partial charge in [-0.25, -0.2) is 4.98 Å². The van der Waals surface area contributed by atoms with Gasteiger partial charge in [0.25, 0.3) is 6.47 Å². The number of nitrogens with one attached hydrogen (secondary N) is 1. The van der Waals surface area contributed by atoms with Crippen molar-refractivity contribution in [2.45, 2.75) is 31.8 Å². The van der Waals surface area contributed by atoms with Gasteiger partial charge in [-0.05, 0) is 25.7 Å². The van der Waals surface area contributed by atoms with Gasteiger partial charge in [-0.1, -0.05) is 41.7 Å². The zero-order chi connectivity index (χ0) is 17.6. The second kappa shape index (κ2) is 7.90. The van der Waals surface area contributed by atoms with Gasteiger partial charge in [0.05, 0.1) is 0 Å². The summed E-state index contributed by atoms with van der Waals surface area (Å²) in [7, 11) is 0. The quantitative estimate of drug-likeness (QED) is 0.830. The highest BCUT2D eigenvalue weighted by Crippen LogP contribution is 2.32. The van der Waals surface area contributed by atoms with Crippen LogP contribution in [0.3, 0.4) is 0 Å². The van der Waals surface area contributed by atoms with Crippen LogP contribution in [-0.2, 0) is 14.3 Å². The Balaban J connectivity index is 1.73. The van der Waals surface area contributed by atoms with Crippen molar-refractivity contribution in [3.05, 3.63) is 35.2 Å². The molecule has 3 rings (SSSR count). The van der Waals surface area contributed by atoms with E-state index in [2.05, 4.69) is 16.4 Å². The van der Waals surface area contributed by atoms with Crippen LogP contribution >= 0.6 is 11.3 Å². The number of hydrogen-bond donors (Lipinski definition) is 1. The fraction of sp³-hybridized carbons (Fsp3) is 0.333. The minimum atomic E-state index is -0.215. The molecule has 2 atom stereocenters. The summed E-state index contributed by atoms with van der Waals surface area (Å²) in [5, 5.41) is 12.6. The molecule has 1 aliphatic carbocycles. The molecule has 1 fully saturated rings. The molecular weight excluding hydrogens is 338 g/mol. The van der Waals surface area contributed by atoms with Crippen LogP contribution in [-0.4, -0.2) is 23.5 Å². The molecule has 1 aromatic heterocycles. The zero-order valence-corrected chi connectivity index (χ0v) is 14.3. The molecule has 0 spiro atoms. The Morgan fingerprint density at radius 2 is 2.16 bits per heavy atom. The number of thiazole rings is 1. The van der Waals surface area contributed by atoms with Crippen LogP contribution in [0.25, 0.3) is 11.3 Å². The normalized spacial score (nSPS) is 19.6. The number of nitriles is 1. The number of nitrogens with zero attached hydrogens (tertiary/aromatic N) is 2. The molecule has 6 nitrogen and oxygen atoms in total. The lowest BCUT2D eigenvalue weighted by Crippen LogP contribution is -2.31. The zero-order valence-electron chi connectivity index (χ0n) is 13.5. The summed E-state index contributed by atoms with van der Waals surface area (Å²) >= 11 is 1.17. The van der Waals surface area contributed by atoms with Gasteiger partial charge in [0.1, 0.15) is 22.7 Å². The van der Waals surface area contributed by atoms with Crippen LogP contribution < -0.4 is 5.32 Å². The first-order valence-electron chi connectivity index (χ1n) is 8.07. The first-order valence-corrected chi connectivity index (χ1v) is 8.89. The maximum absolute atomic E-state index is 12.5. The van der Waals surface area contributed by atoms with E-state index >= 15 is 0 Å². The maximum Gasteiger partial charge on any atom is 0.293 e. The van der Waals surface area contributed by atoms with Crippen LogP contribution in [0.1, 0.15) is 30.6 Å². The van der Waals surface area contributed by atoms with Crippen molar-refractivity contribution >= 4 is 28.8 Å². The fourth-order valence-electron chi connectivity index (χ4n) is 3.03. The van der Waals surface area contributed by atoms with Crippen molar-refractivity contribution in [2.75, 3.05) is 5.32 Å². The maximum atomic E-state index is 12.5. The van der Waals surface area contributed by atoms with Crippen molar-refractivity contribution < 1.29 is 14.3 Å². The molecule has 1 amide bonds. The number of benzene rings is 1. The molecule has 1 saturated carbocycles. The Kier molecular flexibility index (Phi) is 5.41. The lowest BCUT2D eigenvalue weighted by molar-refractivity contribution is -0.137. The summed E-state index contributed by atoms with van der Waals surface area (Å²) in [5.41, 5.74) is 1.42. The highest BCUT2D eigenvalue weighted by atomic mass is 32.1. The van der Waals surface area contributed by atoms with E-state index in [0.29, 0.717) is 28.6 Å². The van der Waals surface area contributed by atoms with Crippen molar-refractivity contribution in [3.63, 3.8) is 0 Å². The Morgan fingerprint density at radius 3 is 2.88 bits per heavy atom. The molecule has 0 saturated heterocycles. The predicted molar refractivity (Wildman–Crippen MR) is 93.8 cm³/mol. The molecule has 1 N–H and O–H groups in total. The van der Waals surface area contributed by atoms with E-state index in [1.807, 2.05) is 30.3 Å². The number of aromatic nitrogens is 1. The van der Waals surface area contributed by atoms with Gasteiger partial charge in [-0.3, -0.25) is 9.59 Å². The van der Waals surface area contributed by atoms with E-state index in [1.165, 1.54) is 11.3 Å². The fourth-order valence-corrected chi connectivity index (χ4v) is 3.82. The van der Waals surface area contributed by atoms with Crippen molar-refractivity contribution in [1.29, 1.82) is 5.26 Å². The summed E-state index contributed by atoms with van der Waals surface area (Å²) in [5.74, 6) is -0.356. The van der Waals surface area contributed by atoms with Crippen molar-refractivity contribution in [2.24, 2.45) is 5.92 Å². The summed E-state index contributed by atoms with van der Waals surface area (Å²) in [6.07, 6.45) is 2.70. The van der Waals surface area contributed by atoms with Crippen LogP contribution in [0.15, 0.2) is 30.3 Å². The number of rotatable bonds is 5. The van der Waals surface area contributed by atoms with E-state index in [4.69, 9.17) is 4.74 Å². The number of amides is 1. The third kappa shape index (κ3) is 4.03. The summed E-state index contributed by atoms with van der Waals surface area (Å²) in [6, 6.07) is 11.5. The average molecular weight is 355 g/mol. The molecule has 2 unspecified atom stereocenters. The number of ether oxygens (including phenoxy) is 1. The molecule has 1 aromatic carbocycles.